The highest BCUT2D eigenvalue weighted by Crippen LogP contribution is 2.18. The Morgan fingerprint density at radius 1 is 1.36 bits per heavy atom. The van der Waals surface area contributed by atoms with E-state index in [0.29, 0.717) is 18.3 Å². The molecule has 0 saturated carbocycles. The molecule has 0 aromatic carbocycles. The zero-order valence-electron chi connectivity index (χ0n) is 13.8. The molecule has 5 nitrogen and oxygen atoms in total. The molecule has 0 aliphatic rings. The van der Waals surface area contributed by atoms with Crippen molar-refractivity contribution >= 4 is 29.9 Å². The van der Waals surface area contributed by atoms with Crippen molar-refractivity contribution in [3.8, 4) is 0 Å². The molecule has 1 rings (SSSR count). The van der Waals surface area contributed by atoms with Gasteiger partial charge in [0.1, 0.15) is 5.82 Å². The number of hydrogen-bond acceptors (Lipinski definition) is 4. The topological polar surface area (TPSA) is 72.1 Å². The lowest BCUT2D eigenvalue weighted by Crippen LogP contribution is -2.35. The van der Waals surface area contributed by atoms with Gasteiger partial charge in [0, 0.05) is 25.6 Å². The predicted octanol–water partition coefficient (Wildman–Crippen LogP) is 3.12. The van der Waals surface area contributed by atoms with Crippen LogP contribution in [0.4, 0.5) is 0 Å². The Morgan fingerprint density at radius 3 is 2.45 bits per heavy atom. The van der Waals surface area contributed by atoms with Crippen LogP contribution in [0.5, 0.6) is 0 Å². The number of amides is 1. The van der Waals surface area contributed by atoms with Gasteiger partial charge in [0.2, 0.25) is 0 Å². The van der Waals surface area contributed by atoms with Gasteiger partial charge in [0.15, 0.2) is 5.69 Å². The van der Waals surface area contributed by atoms with E-state index in [1.165, 1.54) is 6.20 Å². The fraction of sp³-hybridized carbons (Fsp3) is 0.667. The van der Waals surface area contributed by atoms with Crippen LogP contribution in [0.3, 0.4) is 0 Å². The van der Waals surface area contributed by atoms with E-state index in [2.05, 4.69) is 23.8 Å². The van der Waals surface area contributed by atoms with Gasteiger partial charge < -0.3 is 10.6 Å². The number of nitrogens with two attached hydrogens (primary N) is 1. The summed E-state index contributed by atoms with van der Waals surface area (Å²) in [5.74, 6) is 0.965. The van der Waals surface area contributed by atoms with Crippen LogP contribution < -0.4 is 5.73 Å². The van der Waals surface area contributed by atoms with Crippen molar-refractivity contribution in [2.24, 2.45) is 11.7 Å². The number of aromatic nitrogens is 2. The van der Waals surface area contributed by atoms with Crippen LogP contribution in [0.1, 0.15) is 56.3 Å². The zero-order valence-corrected chi connectivity index (χ0v) is 15.4. The molecular weight excluding hydrogens is 323 g/mol. The van der Waals surface area contributed by atoms with Crippen molar-refractivity contribution in [1.29, 1.82) is 0 Å². The lowest BCUT2D eigenvalue weighted by Gasteiger charge is -2.21. The van der Waals surface area contributed by atoms with Gasteiger partial charge in [-0.3, -0.25) is 4.79 Å². The molecule has 0 aliphatic carbocycles. The molecule has 0 aliphatic heterocycles. The Kier molecular flexibility index (Phi) is 8.89. The van der Waals surface area contributed by atoms with Gasteiger partial charge in [-0.05, 0) is 12.3 Å². The minimum Gasteiger partial charge on any atom is -0.340 e. The van der Waals surface area contributed by atoms with Crippen molar-refractivity contribution in [1.82, 2.24) is 14.9 Å². The number of carbonyl (C=O) groups excluding carboxylic acids is 1. The Morgan fingerprint density at radius 2 is 1.95 bits per heavy atom. The van der Waals surface area contributed by atoms with Crippen LogP contribution in [0.2, 0.25) is 5.02 Å². The number of halogens is 2. The minimum atomic E-state index is -0.194. The fourth-order valence-corrected chi connectivity index (χ4v) is 1.94. The third kappa shape index (κ3) is 5.71. The molecule has 1 atom stereocenters. The monoisotopic (exact) mass is 348 g/mol. The molecule has 0 spiro atoms. The first-order valence-corrected chi connectivity index (χ1v) is 7.65. The van der Waals surface area contributed by atoms with E-state index in [1.54, 1.807) is 11.9 Å². The Balaban J connectivity index is 0.00000441. The fourth-order valence-electron chi connectivity index (χ4n) is 1.77. The number of carbonyl (C=O) groups is 1. The summed E-state index contributed by atoms with van der Waals surface area (Å²) in [5.41, 5.74) is 6.27. The summed E-state index contributed by atoms with van der Waals surface area (Å²) in [6.45, 7) is 8.67. The Labute approximate surface area is 144 Å². The van der Waals surface area contributed by atoms with Crippen LogP contribution in [-0.4, -0.2) is 40.4 Å². The second-order valence-corrected chi connectivity index (χ2v) is 6.41. The van der Waals surface area contributed by atoms with E-state index < -0.39 is 0 Å². The van der Waals surface area contributed by atoms with Crippen LogP contribution in [0, 0.1) is 5.92 Å². The molecule has 0 saturated heterocycles. The van der Waals surface area contributed by atoms with Gasteiger partial charge in [0.25, 0.3) is 5.91 Å². The van der Waals surface area contributed by atoms with Gasteiger partial charge in [-0.2, -0.15) is 0 Å². The molecule has 7 heteroatoms. The van der Waals surface area contributed by atoms with E-state index in [1.807, 2.05) is 13.8 Å². The predicted molar refractivity (Wildman–Crippen MR) is 92.8 cm³/mol. The van der Waals surface area contributed by atoms with E-state index in [-0.39, 0.29) is 41.0 Å². The van der Waals surface area contributed by atoms with Crippen molar-refractivity contribution in [2.75, 3.05) is 13.6 Å². The molecular formula is C15H26Cl2N4O. The van der Waals surface area contributed by atoms with Gasteiger partial charge in [-0.15, -0.1) is 12.4 Å². The Hall–Kier alpha value is -0.910. The summed E-state index contributed by atoms with van der Waals surface area (Å²) in [4.78, 5) is 22.5. The first-order chi connectivity index (χ1) is 9.73. The molecule has 1 heterocycles. The highest BCUT2D eigenvalue weighted by Gasteiger charge is 2.20. The maximum Gasteiger partial charge on any atom is 0.273 e. The quantitative estimate of drug-likeness (QED) is 0.856. The molecule has 0 radical (unpaired) electrons. The third-order valence-corrected chi connectivity index (χ3v) is 3.76. The zero-order chi connectivity index (χ0) is 16.2. The highest BCUT2D eigenvalue weighted by molar-refractivity contribution is 6.33. The SMILES string of the molecule is CC(C)c1ncc(Cl)c(C(=O)N(C)CCC(N)C(C)C)n1.Cl. The van der Waals surface area contributed by atoms with E-state index in [9.17, 15) is 4.79 Å². The second kappa shape index (κ2) is 9.28. The summed E-state index contributed by atoms with van der Waals surface area (Å²) < 4.78 is 0. The molecule has 1 aromatic heterocycles. The van der Waals surface area contributed by atoms with Gasteiger partial charge >= 0.3 is 0 Å². The molecule has 1 unspecified atom stereocenters. The lowest BCUT2D eigenvalue weighted by atomic mass is 10.0. The lowest BCUT2D eigenvalue weighted by molar-refractivity contribution is 0.0783. The van der Waals surface area contributed by atoms with Crippen molar-refractivity contribution in [3.63, 3.8) is 0 Å². The summed E-state index contributed by atoms with van der Waals surface area (Å²) in [7, 11) is 1.74. The summed E-state index contributed by atoms with van der Waals surface area (Å²) in [5, 5.41) is 0.282. The van der Waals surface area contributed by atoms with E-state index in [4.69, 9.17) is 17.3 Å². The first-order valence-electron chi connectivity index (χ1n) is 7.27. The first kappa shape index (κ1) is 21.1. The number of hydrogen-bond donors (Lipinski definition) is 1. The molecule has 1 aromatic rings. The third-order valence-electron chi connectivity index (χ3n) is 3.48. The number of nitrogens with zero attached hydrogens (tertiary/aromatic N) is 3. The summed E-state index contributed by atoms with van der Waals surface area (Å²) in [6, 6.07) is 0.0762. The molecule has 22 heavy (non-hydrogen) atoms. The molecule has 0 fully saturated rings. The minimum absolute atomic E-state index is 0. The van der Waals surface area contributed by atoms with E-state index in [0.717, 1.165) is 6.42 Å². The van der Waals surface area contributed by atoms with E-state index >= 15 is 0 Å². The Bertz CT molecular complexity index is 494. The number of rotatable bonds is 6. The van der Waals surface area contributed by atoms with Crippen molar-refractivity contribution < 1.29 is 4.79 Å². The highest BCUT2D eigenvalue weighted by atomic mass is 35.5. The largest absolute Gasteiger partial charge is 0.340 e. The van der Waals surface area contributed by atoms with Gasteiger partial charge in [0.05, 0.1) is 11.2 Å². The molecule has 0 bridgehead atoms. The maximum atomic E-state index is 12.4. The maximum absolute atomic E-state index is 12.4. The molecule has 2 N–H and O–H groups in total. The summed E-state index contributed by atoms with van der Waals surface area (Å²) >= 11 is 6.06. The van der Waals surface area contributed by atoms with Crippen LogP contribution in [0.15, 0.2) is 6.20 Å². The average molecular weight is 349 g/mol. The van der Waals surface area contributed by atoms with Gasteiger partial charge in [-0.25, -0.2) is 9.97 Å². The second-order valence-electron chi connectivity index (χ2n) is 6.00. The van der Waals surface area contributed by atoms with Crippen molar-refractivity contribution in [2.45, 2.75) is 46.1 Å². The average Bonchev–Trinajstić information content (AvgIpc) is 2.43. The van der Waals surface area contributed by atoms with Crippen LogP contribution >= 0.6 is 24.0 Å². The normalized spacial score (nSPS) is 12.2. The summed E-state index contributed by atoms with van der Waals surface area (Å²) in [6.07, 6.45) is 2.24. The molecule has 1 amide bonds. The van der Waals surface area contributed by atoms with Gasteiger partial charge in [-0.1, -0.05) is 39.3 Å². The smallest absolute Gasteiger partial charge is 0.273 e. The van der Waals surface area contributed by atoms with Crippen LogP contribution in [-0.2, 0) is 0 Å². The van der Waals surface area contributed by atoms with Crippen LogP contribution in [0.25, 0.3) is 0 Å². The van der Waals surface area contributed by atoms with Crippen molar-refractivity contribution in [3.05, 3.63) is 22.7 Å². The standard InChI is InChI=1S/C15H25ClN4O.ClH/c1-9(2)12(17)6-7-20(5)15(21)13-11(16)8-18-14(19-13)10(3)4;/h8-10,12H,6-7,17H2,1-5H3;1H. The molecule has 126 valence electrons.